The Morgan fingerprint density at radius 1 is 1.12 bits per heavy atom. The number of hydrogen-bond donors (Lipinski definition) is 3. The van der Waals surface area contributed by atoms with Gasteiger partial charge in [0, 0.05) is 18.3 Å². The van der Waals surface area contributed by atoms with Crippen LogP contribution < -0.4 is 15.4 Å². The van der Waals surface area contributed by atoms with Gasteiger partial charge in [0.25, 0.3) is 0 Å². The summed E-state index contributed by atoms with van der Waals surface area (Å²) in [5.74, 6) is 0.238. The summed E-state index contributed by atoms with van der Waals surface area (Å²) >= 11 is 0. The minimum atomic E-state index is -0.836. The monoisotopic (exact) mass is 436 g/mol. The van der Waals surface area contributed by atoms with E-state index in [1.807, 2.05) is 37.3 Å². The standard InChI is InChI=1S/C24H28N4O4/c1-4-32-23(30)21(15-29)25-14-18-13-22(31-3)28-24(26-18)27-20-12-8-11-19(16(20)2)17-9-6-5-7-10-17/h5-13,21,25,29H,4,14-15H2,1-3H3,(H,26,27,28). The number of nitrogens with zero attached hydrogens (tertiary/aromatic N) is 2. The van der Waals surface area contributed by atoms with Crippen LogP contribution in [0, 0.1) is 6.92 Å². The van der Waals surface area contributed by atoms with Gasteiger partial charge in [0.2, 0.25) is 11.8 Å². The van der Waals surface area contributed by atoms with E-state index < -0.39 is 12.0 Å². The van der Waals surface area contributed by atoms with Gasteiger partial charge in [-0.1, -0.05) is 42.5 Å². The zero-order chi connectivity index (χ0) is 22.9. The van der Waals surface area contributed by atoms with Crippen molar-refractivity contribution in [3.05, 3.63) is 65.9 Å². The van der Waals surface area contributed by atoms with Gasteiger partial charge in [0.1, 0.15) is 6.04 Å². The van der Waals surface area contributed by atoms with Crippen molar-refractivity contribution in [2.24, 2.45) is 0 Å². The number of aliphatic hydroxyl groups excluding tert-OH is 1. The van der Waals surface area contributed by atoms with E-state index in [0.29, 0.717) is 17.5 Å². The Hall–Kier alpha value is -3.49. The first-order chi connectivity index (χ1) is 15.5. The lowest BCUT2D eigenvalue weighted by Crippen LogP contribution is -2.40. The largest absolute Gasteiger partial charge is 0.481 e. The third-order valence-corrected chi connectivity index (χ3v) is 4.91. The van der Waals surface area contributed by atoms with Gasteiger partial charge in [0.15, 0.2) is 0 Å². The molecule has 0 bridgehead atoms. The van der Waals surface area contributed by atoms with Crippen LogP contribution in [-0.4, -0.2) is 47.4 Å². The number of ether oxygens (including phenoxy) is 2. The van der Waals surface area contributed by atoms with E-state index in [9.17, 15) is 9.90 Å². The molecule has 8 heteroatoms. The lowest BCUT2D eigenvalue weighted by atomic mass is 9.99. The molecule has 1 atom stereocenters. The minimum Gasteiger partial charge on any atom is -0.481 e. The summed E-state index contributed by atoms with van der Waals surface area (Å²) in [7, 11) is 1.53. The fraction of sp³-hybridized carbons (Fsp3) is 0.292. The van der Waals surface area contributed by atoms with Gasteiger partial charge in [-0.15, -0.1) is 0 Å². The highest BCUT2D eigenvalue weighted by Crippen LogP contribution is 2.30. The van der Waals surface area contributed by atoms with Crippen molar-refractivity contribution >= 4 is 17.6 Å². The topological polar surface area (TPSA) is 106 Å². The van der Waals surface area contributed by atoms with Crippen LogP contribution >= 0.6 is 0 Å². The molecule has 3 rings (SSSR count). The van der Waals surface area contributed by atoms with Gasteiger partial charge in [0.05, 0.1) is 26.0 Å². The fourth-order valence-electron chi connectivity index (χ4n) is 3.24. The molecule has 3 N–H and O–H groups in total. The molecule has 1 heterocycles. The first kappa shape index (κ1) is 23.2. The van der Waals surface area contributed by atoms with Crippen molar-refractivity contribution in [3.8, 4) is 17.0 Å². The third-order valence-electron chi connectivity index (χ3n) is 4.91. The van der Waals surface area contributed by atoms with Crippen molar-refractivity contribution < 1.29 is 19.4 Å². The number of carbonyl (C=O) groups is 1. The Balaban J connectivity index is 1.81. The maximum Gasteiger partial charge on any atom is 0.325 e. The number of esters is 1. The van der Waals surface area contributed by atoms with E-state index in [1.165, 1.54) is 7.11 Å². The summed E-state index contributed by atoms with van der Waals surface area (Å²) in [4.78, 5) is 20.8. The highest BCUT2D eigenvalue weighted by molar-refractivity contribution is 5.76. The number of aliphatic hydroxyl groups is 1. The summed E-state index contributed by atoms with van der Waals surface area (Å²) < 4.78 is 10.3. The maximum absolute atomic E-state index is 11.9. The number of benzene rings is 2. The summed E-state index contributed by atoms with van der Waals surface area (Å²) in [5.41, 5.74) is 4.77. The van der Waals surface area contributed by atoms with Gasteiger partial charge in [-0.2, -0.15) is 4.98 Å². The third kappa shape index (κ3) is 5.81. The van der Waals surface area contributed by atoms with Crippen LogP contribution in [0.1, 0.15) is 18.2 Å². The number of carbonyl (C=O) groups excluding carboxylic acids is 1. The molecular weight excluding hydrogens is 408 g/mol. The molecule has 0 fully saturated rings. The Morgan fingerprint density at radius 3 is 2.59 bits per heavy atom. The second-order valence-electron chi connectivity index (χ2n) is 7.06. The summed E-state index contributed by atoms with van der Waals surface area (Å²) in [6.45, 7) is 3.85. The normalized spacial score (nSPS) is 11.6. The van der Waals surface area contributed by atoms with Crippen LogP contribution in [0.3, 0.4) is 0 Å². The van der Waals surface area contributed by atoms with Gasteiger partial charge < -0.3 is 19.9 Å². The van der Waals surface area contributed by atoms with Gasteiger partial charge in [-0.3, -0.25) is 10.1 Å². The number of hydrogen-bond acceptors (Lipinski definition) is 8. The number of aromatic nitrogens is 2. The average Bonchev–Trinajstić information content (AvgIpc) is 2.81. The van der Waals surface area contributed by atoms with Crippen molar-refractivity contribution in [3.63, 3.8) is 0 Å². The predicted molar refractivity (Wildman–Crippen MR) is 123 cm³/mol. The van der Waals surface area contributed by atoms with E-state index >= 15 is 0 Å². The molecule has 0 aliphatic carbocycles. The number of methoxy groups -OCH3 is 1. The second kappa shape index (κ2) is 11.2. The van der Waals surface area contributed by atoms with Crippen LogP contribution in [-0.2, 0) is 16.1 Å². The average molecular weight is 437 g/mol. The molecule has 3 aromatic rings. The predicted octanol–water partition coefficient (Wildman–Crippen LogP) is 3.22. The number of anilines is 2. The second-order valence-corrected chi connectivity index (χ2v) is 7.06. The molecule has 2 aromatic carbocycles. The van der Waals surface area contributed by atoms with Crippen LogP contribution in [0.15, 0.2) is 54.6 Å². The SMILES string of the molecule is CCOC(=O)C(CO)NCc1cc(OC)nc(Nc2cccc(-c3ccccc3)c2C)n1. The molecule has 0 aliphatic rings. The molecule has 32 heavy (non-hydrogen) atoms. The molecule has 0 saturated carbocycles. The Bertz CT molecular complexity index is 1040. The molecule has 0 spiro atoms. The quantitative estimate of drug-likeness (QED) is 0.416. The smallest absolute Gasteiger partial charge is 0.325 e. The van der Waals surface area contributed by atoms with E-state index in [0.717, 1.165) is 22.4 Å². The van der Waals surface area contributed by atoms with Crippen molar-refractivity contribution in [1.29, 1.82) is 0 Å². The fourth-order valence-corrected chi connectivity index (χ4v) is 3.24. The van der Waals surface area contributed by atoms with E-state index in [-0.39, 0.29) is 19.8 Å². The molecule has 1 unspecified atom stereocenters. The van der Waals surface area contributed by atoms with Crippen molar-refractivity contribution in [1.82, 2.24) is 15.3 Å². The highest BCUT2D eigenvalue weighted by atomic mass is 16.5. The Kier molecular flexibility index (Phi) is 8.13. The van der Waals surface area contributed by atoms with E-state index in [1.54, 1.807) is 13.0 Å². The first-order valence-corrected chi connectivity index (χ1v) is 10.4. The molecule has 0 radical (unpaired) electrons. The molecule has 1 aromatic heterocycles. The van der Waals surface area contributed by atoms with E-state index in [2.05, 4.69) is 38.8 Å². The molecule has 8 nitrogen and oxygen atoms in total. The molecule has 0 aliphatic heterocycles. The highest BCUT2D eigenvalue weighted by Gasteiger charge is 2.18. The summed E-state index contributed by atoms with van der Waals surface area (Å²) in [6, 6.07) is 17.0. The number of rotatable bonds is 10. The molecule has 0 amide bonds. The van der Waals surface area contributed by atoms with E-state index in [4.69, 9.17) is 9.47 Å². The summed E-state index contributed by atoms with van der Waals surface area (Å²) in [6.07, 6.45) is 0. The zero-order valence-corrected chi connectivity index (χ0v) is 18.5. The zero-order valence-electron chi connectivity index (χ0n) is 18.5. The summed E-state index contributed by atoms with van der Waals surface area (Å²) in [5, 5.41) is 15.7. The molecule has 168 valence electrons. The van der Waals surface area contributed by atoms with Crippen molar-refractivity contribution in [2.75, 3.05) is 25.6 Å². The van der Waals surface area contributed by atoms with Gasteiger partial charge >= 0.3 is 5.97 Å². The van der Waals surface area contributed by atoms with Gasteiger partial charge in [-0.05, 0) is 36.6 Å². The Labute approximate surface area is 187 Å². The van der Waals surface area contributed by atoms with Crippen LogP contribution in [0.4, 0.5) is 11.6 Å². The lowest BCUT2D eigenvalue weighted by molar-refractivity contribution is -0.146. The molecular formula is C24H28N4O4. The van der Waals surface area contributed by atoms with Crippen LogP contribution in [0.5, 0.6) is 5.88 Å². The molecule has 0 saturated heterocycles. The minimum absolute atomic E-state index is 0.223. The Morgan fingerprint density at radius 2 is 1.91 bits per heavy atom. The van der Waals surface area contributed by atoms with Crippen molar-refractivity contribution in [2.45, 2.75) is 26.4 Å². The maximum atomic E-state index is 11.9. The van der Waals surface area contributed by atoms with Crippen LogP contribution in [0.2, 0.25) is 0 Å². The first-order valence-electron chi connectivity index (χ1n) is 10.4. The van der Waals surface area contributed by atoms with Gasteiger partial charge in [-0.25, -0.2) is 4.98 Å². The lowest BCUT2D eigenvalue weighted by Gasteiger charge is -2.16. The van der Waals surface area contributed by atoms with Crippen LogP contribution in [0.25, 0.3) is 11.1 Å². The number of nitrogens with one attached hydrogen (secondary N) is 2.